The average molecular weight is 369 g/mol. The second-order valence-corrected chi connectivity index (χ2v) is 7.33. The maximum atomic E-state index is 12.7. The van der Waals surface area contributed by atoms with Gasteiger partial charge < -0.3 is 9.47 Å². The molecule has 6 heteroatoms. The van der Waals surface area contributed by atoms with Crippen LogP contribution in [0.4, 0.5) is 0 Å². The maximum absolute atomic E-state index is 12.7. The normalized spacial score (nSPS) is 18.1. The molecule has 0 unspecified atom stereocenters. The minimum absolute atomic E-state index is 0.0613. The van der Waals surface area contributed by atoms with Crippen molar-refractivity contribution in [3.8, 4) is 11.5 Å². The first-order chi connectivity index (χ1) is 12.2. The smallest absolute Gasteiger partial charge is 0.266 e. The molecule has 126 valence electrons. The Kier molecular flexibility index (Phi) is 4.46. The summed E-state index contributed by atoms with van der Waals surface area (Å²) in [5, 5.41) is 0. The third kappa shape index (κ3) is 3.41. The molecule has 2 aliphatic rings. The van der Waals surface area contributed by atoms with E-state index in [2.05, 4.69) is 0 Å². The lowest BCUT2D eigenvalue weighted by atomic mass is 10.1. The molecular formula is C19H15NO3S2. The van der Waals surface area contributed by atoms with E-state index < -0.39 is 0 Å². The number of ether oxygens (including phenoxy) is 2. The Morgan fingerprint density at radius 3 is 2.64 bits per heavy atom. The fourth-order valence-corrected chi connectivity index (χ4v) is 3.96. The summed E-state index contributed by atoms with van der Waals surface area (Å²) in [6, 6.07) is 15.5. The lowest BCUT2D eigenvalue weighted by Crippen LogP contribution is -2.27. The van der Waals surface area contributed by atoms with Crippen LogP contribution in [0, 0.1) is 0 Å². The highest BCUT2D eigenvalue weighted by Gasteiger charge is 2.32. The zero-order valence-corrected chi connectivity index (χ0v) is 14.9. The fraction of sp³-hybridized carbons (Fsp3) is 0.158. The van der Waals surface area contributed by atoms with Crippen LogP contribution in [0.15, 0.2) is 53.4 Å². The highest BCUT2D eigenvalue weighted by Crippen LogP contribution is 2.36. The molecule has 2 aliphatic heterocycles. The van der Waals surface area contributed by atoms with Crippen LogP contribution in [0.1, 0.15) is 11.1 Å². The monoisotopic (exact) mass is 369 g/mol. The van der Waals surface area contributed by atoms with Gasteiger partial charge in [0.05, 0.1) is 11.4 Å². The number of hydrogen-bond donors (Lipinski definition) is 0. The summed E-state index contributed by atoms with van der Waals surface area (Å²) in [6.45, 7) is 1.59. The number of hydrogen-bond acceptors (Lipinski definition) is 5. The number of amides is 1. The highest BCUT2D eigenvalue weighted by molar-refractivity contribution is 8.26. The molecule has 1 saturated heterocycles. The maximum Gasteiger partial charge on any atom is 0.266 e. The molecule has 4 rings (SSSR count). The number of benzene rings is 2. The Morgan fingerprint density at radius 2 is 1.84 bits per heavy atom. The Balaban J connectivity index is 1.56. The van der Waals surface area contributed by atoms with Gasteiger partial charge in [0.2, 0.25) is 0 Å². The quantitative estimate of drug-likeness (QED) is 0.607. The van der Waals surface area contributed by atoms with Crippen molar-refractivity contribution in [2.24, 2.45) is 0 Å². The molecule has 0 bridgehead atoms. The molecule has 1 fully saturated rings. The van der Waals surface area contributed by atoms with Gasteiger partial charge >= 0.3 is 0 Å². The van der Waals surface area contributed by atoms with E-state index in [0.29, 0.717) is 34.7 Å². The number of fused-ring (bicyclic) bond motifs is 1. The van der Waals surface area contributed by atoms with Crippen LogP contribution in [-0.2, 0) is 11.3 Å². The summed E-state index contributed by atoms with van der Waals surface area (Å²) in [4.78, 5) is 15.0. The van der Waals surface area contributed by atoms with Crippen LogP contribution in [0.3, 0.4) is 0 Å². The molecule has 0 atom stereocenters. The van der Waals surface area contributed by atoms with Crippen LogP contribution in [0.5, 0.6) is 11.5 Å². The number of thioether (sulfide) groups is 1. The van der Waals surface area contributed by atoms with Crippen molar-refractivity contribution in [2.45, 2.75) is 6.54 Å². The molecule has 0 aromatic heterocycles. The lowest BCUT2D eigenvalue weighted by Gasteiger charge is -2.18. The first-order valence-electron chi connectivity index (χ1n) is 7.90. The molecule has 0 aliphatic carbocycles. The molecule has 0 radical (unpaired) electrons. The summed E-state index contributed by atoms with van der Waals surface area (Å²) in [5.41, 5.74) is 1.95. The van der Waals surface area contributed by atoms with Crippen LogP contribution >= 0.6 is 24.0 Å². The summed E-state index contributed by atoms with van der Waals surface area (Å²) >= 11 is 6.72. The number of nitrogens with zero attached hydrogens (tertiary/aromatic N) is 1. The van der Waals surface area contributed by atoms with E-state index in [1.807, 2.05) is 54.6 Å². The molecule has 2 aromatic rings. The highest BCUT2D eigenvalue weighted by atomic mass is 32.2. The van der Waals surface area contributed by atoms with Crippen molar-refractivity contribution in [3.05, 3.63) is 64.6 Å². The number of carbonyl (C=O) groups excluding carboxylic acids is 1. The van der Waals surface area contributed by atoms with Crippen LogP contribution in [-0.4, -0.2) is 28.3 Å². The second-order valence-electron chi connectivity index (χ2n) is 5.66. The number of rotatable bonds is 3. The van der Waals surface area contributed by atoms with E-state index in [9.17, 15) is 4.79 Å². The Hall–Kier alpha value is -2.31. The van der Waals surface area contributed by atoms with Gasteiger partial charge in [0.1, 0.15) is 17.5 Å². The van der Waals surface area contributed by atoms with Gasteiger partial charge in [-0.05, 0) is 29.3 Å². The Labute approximate surface area is 155 Å². The fourth-order valence-electron chi connectivity index (χ4n) is 2.70. The van der Waals surface area contributed by atoms with Gasteiger partial charge in [-0.15, -0.1) is 0 Å². The van der Waals surface area contributed by atoms with Gasteiger partial charge in [0.25, 0.3) is 5.91 Å². The molecule has 0 saturated carbocycles. The number of thiocarbonyl (C=S) groups is 1. The first-order valence-corrected chi connectivity index (χ1v) is 9.12. The van der Waals surface area contributed by atoms with Gasteiger partial charge in [0.15, 0.2) is 11.5 Å². The van der Waals surface area contributed by atoms with Crippen molar-refractivity contribution in [1.29, 1.82) is 0 Å². The van der Waals surface area contributed by atoms with Crippen molar-refractivity contribution >= 4 is 40.3 Å². The van der Waals surface area contributed by atoms with Crippen molar-refractivity contribution in [1.82, 2.24) is 4.90 Å². The van der Waals surface area contributed by atoms with Gasteiger partial charge in [-0.3, -0.25) is 9.69 Å². The molecule has 0 N–H and O–H groups in total. The van der Waals surface area contributed by atoms with Crippen LogP contribution in [0.25, 0.3) is 6.08 Å². The van der Waals surface area contributed by atoms with Gasteiger partial charge in [0, 0.05) is 0 Å². The number of carbonyl (C=O) groups is 1. The molecule has 4 nitrogen and oxygen atoms in total. The SMILES string of the molecule is O=C1/C(=C/c2ccc3c(c2)OCCO3)SC(=S)N1Cc1ccccc1. The summed E-state index contributed by atoms with van der Waals surface area (Å²) < 4.78 is 11.7. The third-order valence-electron chi connectivity index (χ3n) is 3.92. The largest absolute Gasteiger partial charge is 0.486 e. The topological polar surface area (TPSA) is 38.8 Å². The average Bonchev–Trinajstić information content (AvgIpc) is 2.90. The van der Waals surface area contributed by atoms with Gasteiger partial charge in [-0.1, -0.05) is 60.4 Å². The van der Waals surface area contributed by atoms with E-state index in [0.717, 1.165) is 16.9 Å². The molecule has 1 amide bonds. The standard InChI is InChI=1S/C19H15NO3S2/c21-18-17(11-14-6-7-15-16(10-14)23-9-8-22-15)25-19(24)20(18)12-13-4-2-1-3-5-13/h1-7,10-11H,8-9,12H2/b17-11-. The first kappa shape index (κ1) is 16.2. The molecular weight excluding hydrogens is 354 g/mol. The minimum Gasteiger partial charge on any atom is -0.486 e. The summed E-state index contributed by atoms with van der Waals surface area (Å²) in [6.07, 6.45) is 1.85. The predicted molar refractivity (Wildman–Crippen MR) is 103 cm³/mol. The summed E-state index contributed by atoms with van der Waals surface area (Å²) in [5.74, 6) is 1.38. The third-order valence-corrected chi connectivity index (χ3v) is 5.30. The molecule has 2 aromatic carbocycles. The Bertz CT molecular complexity index is 864. The molecule has 2 heterocycles. The van der Waals surface area contributed by atoms with E-state index in [1.165, 1.54) is 11.8 Å². The van der Waals surface area contributed by atoms with Crippen molar-refractivity contribution < 1.29 is 14.3 Å². The van der Waals surface area contributed by atoms with E-state index >= 15 is 0 Å². The van der Waals surface area contributed by atoms with E-state index in [-0.39, 0.29) is 5.91 Å². The predicted octanol–water partition coefficient (Wildman–Crippen LogP) is 3.86. The second kappa shape index (κ2) is 6.90. The lowest BCUT2D eigenvalue weighted by molar-refractivity contribution is -0.122. The molecule has 0 spiro atoms. The van der Waals surface area contributed by atoms with Crippen LogP contribution in [0.2, 0.25) is 0 Å². The van der Waals surface area contributed by atoms with E-state index in [1.54, 1.807) is 4.90 Å². The molecule has 25 heavy (non-hydrogen) atoms. The van der Waals surface area contributed by atoms with Crippen LogP contribution < -0.4 is 9.47 Å². The van der Waals surface area contributed by atoms with Crippen molar-refractivity contribution in [2.75, 3.05) is 13.2 Å². The van der Waals surface area contributed by atoms with Crippen molar-refractivity contribution in [3.63, 3.8) is 0 Å². The zero-order valence-electron chi connectivity index (χ0n) is 13.3. The minimum atomic E-state index is -0.0613. The Morgan fingerprint density at radius 1 is 1.08 bits per heavy atom. The van der Waals surface area contributed by atoms with Gasteiger partial charge in [-0.2, -0.15) is 0 Å². The van der Waals surface area contributed by atoms with E-state index in [4.69, 9.17) is 21.7 Å². The zero-order chi connectivity index (χ0) is 17.2. The summed E-state index contributed by atoms with van der Waals surface area (Å²) in [7, 11) is 0. The van der Waals surface area contributed by atoms with Gasteiger partial charge in [-0.25, -0.2) is 0 Å².